The molecule has 1 N–H and O–H groups in total. The fraction of sp³-hybridized carbons (Fsp3) is 0.714. The molecule has 19 heavy (non-hydrogen) atoms. The quantitative estimate of drug-likeness (QED) is 0.760. The van der Waals surface area contributed by atoms with Crippen molar-refractivity contribution in [2.75, 3.05) is 26.2 Å². The average Bonchev–Trinajstić information content (AvgIpc) is 3.05. The normalized spacial score (nSPS) is 22.1. The van der Waals surface area contributed by atoms with Gasteiger partial charge in [-0.25, -0.2) is 4.79 Å². The van der Waals surface area contributed by atoms with Gasteiger partial charge in [0, 0.05) is 26.1 Å². The molecular weight excluding hydrogens is 244 g/mol. The molecule has 1 aliphatic carbocycles. The van der Waals surface area contributed by atoms with Crippen LogP contribution in [0.15, 0.2) is 0 Å². The van der Waals surface area contributed by atoms with Crippen molar-refractivity contribution in [3.63, 3.8) is 0 Å². The van der Waals surface area contributed by atoms with Gasteiger partial charge in [0.15, 0.2) is 0 Å². The molecule has 1 aliphatic heterocycles. The molecule has 0 aromatic carbocycles. The minimum Gasteiger partial charge on any atom is -0.481 e. The summed E-state index contributed by atoms with van der Waals surface area (Å²) in [6.45, 7) is 2.26. The predicted octanol–water partition coefficient (Wildman–Crippen LogP) is 1.25. The third kappa shape index (κ3) is 3.88. The molecular formula is C14H20N2O3. The smallest absolute Gasteiger partial charge is 0.320 e. The van der Waals surface area contributed by atoms with Gasteiger partial charge in [-0.1, -0.05) is 5.92 Å². The van der Waals surface area contributed by atoms with Crippen molar-refractivity contribution >= 4 is 12.0 Å². The number of aliphatic carboxylic acids is 1. The van der Waals surface area contributed by atoms with Crippen molar-refractivity contribution in [2.45, 2.75) is 25.7 Å². The highest BCUT2D eigenvalue weighted by atomic mass is 16.4. The minimum absolute atomic E-state index is 0.0299. The number of rotatable bonds is 5. The summed E-state index contributed by atoms with van der Waals surface area (Å²) in [6, 6.07) is -0.0299. The van der Waals surface area contributed by atoms with E-state index in [4.69, 9.17) is 11.5 Å². The first kappa shape index (κ1) is 13.7. The third-order valence-electron chi connectivity index (χ3n) is 3.75. The highest BCUT2D eigenvalue weighted by Gasteiger charge is 2.32. The molecule has 0 bridgehead atoms. The Hall–Kier alpha value is -1.70. The summed E-state index contributed by atoms with van der Waals surface area (Å²) in [6.07, 6.45) is 8.58. The molecule has 2 fully saturated rings. The van der Waals surface area contributed by atoms with Crippen molar-refractivity contribution in [3.05, 3.63) is 0 Å². The lowest BCUT2D eigenvalue weighted by Gasteiger charge is -2.26. The highest BCUT2D eigenvalue weighted by Crippen LogP contribution is 2.30. The van der Waals surface area contributed by atoms with E-state index in [1.807, 2.05) is 0 Å². The molecule has 0 aromatic heterocycles. The van der Waals surface area contributed by atoms with E-state index in [-0.39, 0.29) is 18.4 Å². The van der Waals surface area contributed by atoms with Gasteiger partial charge in [-0.3, -0.25) is 4.79 Å². The van der Waals surface area contributed by atoms with Crippen LogP contribution < -0.4 is 0 Å². The Morgan fingerprint density at radius 1 is 1.32 bits per heavy atom. The Balaban J connectivity index is 1.87. The highest BCUT2D eigenvalue weighted by molar-refractivity contribution is 5.75. The van der Waals surface area contributed by atoms with Crippen LogP contribution in [-0.2, 0) is 4.79 Å². The van der Waals surface area contributed by atoms with Crippen LogP contribution in [0.2, 0.25) is 0 Å². The molecule has 0 radical (unpaired) electrons. The monoisotopic (exact) mass is 264 g/mol. The second kappa shape index (κ2) is 5.96. The molecule has 1 unspecified atom stereocenters. The summed E-state index contributed by atoms with van der Waals surface area (Å²) in [4.78, 5) is 26.5. The summed E-state index contributed by atoms with van der Waals surface area (Å²) in [5.74, 6) is 2.42. The third-order valence-corrected chi connectivity index (χ3v) is 3.75. The molecule has 2 aliphatic rings. The van der Waals surface area contributed by atoms with Crippen LogP contribution in [0.5, 0.6) is 0 Å². The summed E-state index contributed by atoms with van der Waals surface area (Å²) in [5, 5.41) is 8.78. The van der Waals surface area contributed by atoms with Crippen LogP contribution in [0.25, 0.3) is 0 Å². The van der Waals surface area contributed by atoms with Crippen molar-refractivity contribution in [1.82, 2.24) is 9.80 Å². The summed E-state index contributed by atoms with van der Waals surface area (Å²) in [7, 11) is 0. The van der Waals surface area contributed by atoms with Crippen molar-refractivity contribution in [3.8, 4) is 12.3 Å². The number of carbonyl (C=O) groups excluding carboxylic acids is 1. The molecule has 1 saturated carbocycles. The van der Waals surface area contributed by atoms with Crippen molar-refractivity contribution in [1.29, 1.82) is 0 Å². The standard InChI is InChI=1S/C14H20N2O3/c1-2-6-15(9-11-3-4-11)14(19)16-7-5-12(10-16)8-13(17)18/h1,11-12H,3-10H2,(H,17,18). The van der Waals surface area contributed by atoms with E-state index in [1.165, 1.54) is 12.8 Å². The fourth-order valence-corrected chi connectivity index (χ4v) is 2.55. The Labute approximate surface area is 113 Å². The van der Waals surface area contributed by atoms with Crippen LogP contribution >= 0.6 is 0 Å². The van der Waals surface area contributed by atoms with Gasteiger partial charge in [0.2, 0.25) is 0 Å². The van der Waals surface area contributed by atoms with E-state index in [0.29, 0.717) is 25.6 Å². The van der Waals surface area contributed by atoms with E-state index in [1.54, 1.807) is 9.80 Å². The maximum atomic E-state index is 12.3. The fourth-order valence-electron chi connectivity index (χ4n) is 2.55. The molecule has 5 nitrogen and oxygen atoms in total. The Morgan fingerprint density at radius 2 is 2.05 bits per heavy atom. The zero-order chi connectivity index (χ0) is 13.8. The van der Waals surface area contributed by atoms with E-state index in [9.17, 15) is 9.59 Å². The Kier molecular flexibility index (Phi) is 4.31. The van der Waals surface area contributed by atoms with Gasteiger partial charge in [0.1, 0.15) is 0 Å². The van der Waals surface area contributed by atoms with Gasteiger partial charge >= 0.3 is 12.0 Å². The zero-order valence-electron chi connectivity index (χ0n) is 11.0. The Bertz CT molecular complexity index is 398. The van der Waals surface area contributed by atoms with Gasteiger partial charge in [-0.15, -0.1) is 6.42 Å². The van der Waals surface area contributed by atoms with E-state index in [0.717, 1.165) is 13.0 Å². The number of hydrogen-bond acceptors (Lipinski definition) is 2. The van der Waals surface area contributed by atoms with E-state index < -0.39 is 5.97 Å². The minimum atomic E-state index is -0.794. The topological polar surface area (TPSA) is 60.9 Å². The van der Waals surface area contributed by atoms with Crippen molar-refractivity contribution < 1.29 is 14.7 Å². The molecule has 1 saturated heterocycles. The predicted molar refractivity (Wildman–Crippen MR) is 70.5 cm³/mol. The summed E-state index contributed by atoms with van der Waals surface area (Å²) >= 11 is 0. The van der Waals surface area contributed by atoms with Gasteiger partial charge in [0.25, 0.3) is 0 Å². The van der Waals surface area contributed by atoms with Gasteiger partial charge < -0.3 is 14.9 Å². The van der Waals surface area contributed by atoms with Crippen molar-refractivity contribution in [2.24, 2.45) is 11.8 Å². The molecule has 2 rings (SSSR count). The number of nitrogens with zero attached hydrogens (tertiary/aromatic N) is 2. The molecule has 0 spiro atoms. The molecule has 1 heterocycles. The molecule has 104 valence electrons. The largest absolute Gasteiger partial charge is 0.481 e. The number of carboxylic acid groups (broad SMARTS) is 1. The molecule has 1 atom stereocenters. The second-order valence-corrected chi connectivity index (χ2v) is 5.51. The first-order chi connectivity index (χ1) is 9.10. The van der Waals surface area contributed by atoms with E-state index >= 15 is 0 Å². The van der Waals surface area contributed by atoms with Crippen LogP contribution in [0, 0.1) is 24.2 Å². The van der Waals surface area contributed by atoms with E-state index in [2.05, 4.69) is 5.92 Å². The van der Waals surface area contributed by atoms with Gasteiger partial charge in [0.05, 0.1) is 6.54 Å². The SMILES string of the molecule is C#CCN(CC1CC1)C(=O)N1CCC(CC(=O)O)C1. The summed E-state index contributed by atoms with van der Waals surface area (Å²) in [5.41, 5.74) is 0. The Morgan fingerprint density at radius 3 is 2.63 bits per heavy atom. The number of likely N-dealkylation sites (tertiary alicyclic amines) is 1. The first-order valence-electron chi connectivity index (χ1n) is 6.79. The van der Waals surface area contributed by atoms with Crippen LogP contribution in [0.1, 0.15) is 25.7 Å². The lowest BCUT2D eigenvalue weighted by molar-refractivity contribution is -0.138. The maximum absolute atomic E-state index is 12.3. The number of carbonyl (C=O) groups is 2. The number of urea groups is 1. The first-order valence-corrected chi connectivity index (χ1v) is 6.79. The molecule has 5 heteroatoms. The second-order valence-electron chi connectivity index (χ2n) is 5.51. The van der Waals surface area contributed by atoms with Gasteiger partial charge in [-0.05, 0) is 31.1 Å². The lowest BCUT2D eigenvalue weighted by atomic mass is 10.1. The van der Waals surface area contributed by atoms with Crippen LogP contribution in [0.4, 0.5) is 4.79 Å². The number of terminal acetylenes is 1. The number of hydrogen-bond donors (Lipinski definition) is 1. The van der Waals surface area contributed by atoms with Crippen LogP contribution in [0.3, 0.4) is 0 Å². The van der Waals surface area contributed by atoms with Crippen LogP contribution in [-0.4, -0.2) is 53.1 Å². The summed E-state index contributed by atoms with van der Waals surface area (Å²) < 4.78 is 0. The number of amides is 2. The average molecular weight is 264 g/mol. The van der Waals surface area contributed by atoms with Gasteiger partial charge in [-0.2, -0.15) is 0 Å². The number of carboxylic acids is 1. The molecule has 0 aromatic rings. The molecule has 2 amide bonds. The lowest BCUT2D eigenvalue weighted by Crippen LogP contribution is -2.43. The zero-order valence-corrected chi connectivity index (χ0v) is 11.0. The maximum Gasteiger partial charge on any atom is 0.320 e.